The molecule has 1 saturated heterocycles. The maximum atomic E-state index is 12.7. The van der Waals surface area contributed by atoms with Crippen molar-refractivity contribution in [1.29, 1.82) is 0 Å². The van der Waals surface area contributed by atoms with Crippen LogP contribution in [-0.2, 0) is 0 Å². The molecular weight excluding hydrogens is 328 g/mol. The Balaban J connectivity index is 1.62. The lowest BCUT2D eigenvalue weighted by Crippen LogP contribution is -2.39. The number of piperidine rings is 1. The number of hydrogen-bond acceptors (Lipinski definition) is 5. The third-order valence-electron chi connectivity index (χ3n) is 4.85. The first-order valence-electron chi connectivity index (χ1n) is 8.83. The van der Waals surface area contributed by atoms with Crippen molar-refractivity contribution in [2.75, 3.05) is 32.1 Å². The van der Waals surface area contributed by atoms with Gasteiger partial charge in [0.25, 0.3) is 5.91 Å². The van der Waals surface area contributed by atoms with Crippen LogP contribution in [0.25, 0.3) is 5.52 Å². The van der Waals surface area contributed by atoms with Gasteiger partial charge in [-0.15, -0.1) is 0 Å². The lowest BCUT2D eigenvalue weighted by molar-refractivity contribution is 0.0699. The molecule has 0 spiro atoms. The van der Waals surface area contributed by atoms with Crippen molar-refractivity contribution < 1.29 is 4.79 Å². The maximum Gasteiger partial charge on any atom is 0.274 e. The first-order valence-corrected chi connectivity index (χ1v) is 8.83. The molecule has 1 atom stereocenters. The molecule has 0 aromatic carbocycles. The predicted octanol–water partition coefficient (Wildman–Crippen LogP) is 2.21. The number of aromatic nitrogens is 4. The van der Waals surface area contributed by atoms with Gasteiger partial charge in [-0.25, -0.2) is 9.97 Å². The second-order valence-corrected chi connectivity index (χ2v) is 6.87. The van der Waals surface area contributed by atoms with Crippen LogP contribution >= 0.6 is 0 Å². The van der Waals surface area contributed by atoms with Crippen LogP contribution < -0.4 is 4.90 Å². The average Bonchev–Trinajstić information content (AvgIpc) is 3.16. The minimum Gasteiger partial charge on any atom is -0.361 e. The zero-order chi connectivity index (χ0) is 18.1. The number of carbonyl (C=O) groups excluding carboxylic acids is 1. The summed E-state index contributed by atoms with van der Waals surface area (Å²) in [7, 11) is 4.01. The fourth-order valence-electron chi connectivity index (χ4n) is 3.55. The Bertz CT molecular complexity index is 920. The first kappa shape index (κ1) is 16.5. The van der Waals surface area contributed by atoms with Crippen LogP contribution in [0.15, 0.2) is 43.1 Å². The van der Waals surface area contributed by atoms with Crippen LogP contribution in [0.1, 0.15) is 34.9 Å². The Morgan fingerprint density at radius 1 is 1.31 bits per heavy atom. The van der Waals surface area contributed by atoms with E-state index in [0.29, 0.717) is 12.2 Å². The largest absolute Gasteiger partial charge is 0.361 e. The monoisotopic (exact) mass is 350 g/mol. The summed E-state index contributed by atoms with van der Waals surface area (Å²) in [6.07, 6.45) is 10.8. The molecule has 134 valence electrons. The van der Waals surface area contributed by atoms with Gasteiger partial charge in [0.1, 0.15) is 5.69 Å². The van der Waals surface area contributed by atoms with Crippen LogP contribution in [0.2, 0.25) is 0 Å². The van der Waals surface area contributed by atoms with Gasteiger partial charge in [-0.3, -0.25) is 9.78 Å². The van der Waals surface area contributed by atoms with E-state index in [1.54, 1.807) is 12.4 Å². The van der Waals surface area contributed by atoms with Crippen LogP contribution in [-0.4, -0.2) is 57.3 Å². The zero-order valence-corrected chi connectivity index (χ0v) is 15.0. The van der Waals surface area contributed by atoms with E-state index in [-0.39, 0.29) is 11.8 Å². The van der Waals surface area contributed by atoms with Gasteiger partial charge in [0.15, 0.2) is 5.82 Å². The summed E-state index contributed by atoms with van der Waals surface area (Å²) >= 11 is 0. The molecule has 26 heavy (non-hydrogen) atoms. The molecule has 1 amide bonds. The summed E-state index contributed by atoms with van der Waals surface area (Å²) in [4.78, 5) is 29.7. The van der Waals surface area contributed by atoms with Crippen molar-refractivity contribution in [3.63, 3.8) is 0 Å². The number of anilines is 1. The lowest BCUT2D eigenvalue weighted by atomic mass is 9.94. The molecule has 3 aromatic heterocycles. The molecular formula is C19H22N6O. The van der Waals surface area contributed by atoms with Gasteiger partial charge in [0.05, 0.1) is 17.4 Å². The van der Waals surface area contributed by atoms with Crippen molar-refractivity contribution >= 4 is 17.2 Å². The van der Waals surface area contributed by atoms with Gasteiger partial charge in [-0.1, -0.05) is 0 Å². The molecule has 4 rings (SSSR count). The molecule has 0 radical (unpaired) electrons. The SMILES string of the molecule is CN(C)c1nc(C2CCCN(C(=O)c3cnccn3)C2)cn2cccc12. The van der Waals surface area contributed by atoms with E-state index in [1.165, 1.54) is 6.20 Å². The molecule has 0 saturated carbocycles. The van der Waals surface area contributed by atoms with Gasteiger partial charge in [0, 0.05) is 57.9 Å². The predicted molar refractivity (Wildman–Crippen MR) is 99.4 cm³/mol. The van der Waals surface area contributed by atoms with Gasteiger partial charge in [-0.2, -0.15) is 0 Å². The molecule has 1 aliphatic heterocycles. The number of hydrogen-bond donors (Lipinski definition) is 0. The molecule has 0 aliphatic carbocycles. The second kappa shape index (κ2) is 6.74. The van der Waals surface area contributed by atoms with Crippen LogP contribution in [0.4, 0.5) is 5.82 Å². The highest BCUT2D eigenvalue weighted by Crippen LogP contribution is 2.29. The summed E-state index contributed by atoms with van der Waals surface area (Å²) in [6.45, 7) is 1.40. The molecule has 1 unspecified atom stereocenters. The molecule has 3 aromatic rings. The topological polar surface area (TPSA) is 66.6 Å². The van der Waals surface area contributed by atoms with E-state index < -0.39 is 0 Å². The fourth-order valence-corrected chi connectivity index (χ4v) is 3.55. The smallest absolute Gasteiger partial charge is 0.274 e. The molecule has 7 heteroatoms. The van der Waals surface area contributed by atoms with Crippen LogP contribution in [0.3, 0.4) is 0 Å². The van der Waals surface area contributed by atoms with E-state index in [9.17, 15) is 4.79 Å². The van der Waals surface area contributed by atoms with Crippen LogP contribution in [0.5, 0.6) is 0 Å². The summed E-state index contributed by atoms with van der Waals surface area (Å²) < 4.78 is 2.11. The van der Waals surface area contributed by atoms with E-state index >= 15 is 0 Å². The number of nitrogens with zero attached hydrogens (tertiary/aromatic N) is 6. The molecule has 7 nitrogen and oxygen atoms in total. The minimum atomic E-state index is -0.0577. The highest BCUT2D eigenvalue weighted by atomic mass is 16.2. The Morgan fingerprint density at radius 2 is 2.19 bits per heavy atom. The molecule has 0 N–H and O–H groups in total. The fraction of sp³-hybridized carbons (Fsp3) is 0.368. The number of likely N-dealkylation sites (tertiary alicyclic amines) is 1. The van der Waals surface area contributed by atoms with E-state index in [1.807, 2.05) is 36.2 Å². The van der Waals surface area contributed by atoms with Crippen molar-refractivity contribution in [3.05, 3.63) is 54.5 Å². The zero-order valence-electron chi connectivity index (χ0n) is 15.0. The summed E-state index contributed by atoms with van der Waals surface area (Å²) in [5.41, 5.74) is 2.51. The van der Waals surface area contributed by atoms with Crippen molar-refractivity contribution in [2.45, 2.75) is 18.8 Å². The maximum absolute atomic E-state index is 12.7. The van der Waals surface area contributed by atoms with Crippen LogP contribution in [0, 0.1) is 0 Å². The van der Waals surface area contributed by atoms with E-state index in [4.69, 9.17) is 4.98 Å². The summed E-state index contributed by atoms with van der Waals surface area (Å²) in [5, 5.41) is 0. The number of fused-ring (bicyclic) bond motifs is 1. The van der Waals surface area contributed by atoms with Gasteiger partial charge in [0.2, 0.25) is 0 Å². The number of amides is 1. The first-order chi connectivity index (χ1) is 12.6. The quantitative estimate of drug-likeness (QED) is 0.724. The van der Waals surface area contributed by atoms with E-state index in [2.05, 4.69) is 26.6 Å². The minimum absolute atomic E-state index is 0.0577. The van der Waals surface area contributed by atoms with Crippen molar-refractivity contribution in [2.24, 2.45) is 0 Å². The van der Waals surface area contributed by atoms with Crippen molar-refractivity contribution in [1.82, 2.24) is 24.3 Å². The molecule has 4 heterocycles. The molecule has 1 fully saturated rings. The summed E-state index contributed by atoms with van der Waals surface area (Å²) in [5.74, 6) is 1.11. The third kappa shape index (κ3) is 3.00. The Labute approximate surface area is 152 Å². The Morgan fingerprint density at radius 3 is 2.96 bits per heavy atom. The highest BCUT2D eigenvalue weighted by Gasteiger charge is 2.27. The molecule has 0 bridgehead atoms. The standard InChI is InChI=1S/C19H22N6O/c1-23(2)18-17-6-4-9-24(17)13-16(22-18)14-5-3-10-25(12-14)19(26)15-11-20-7-8-21-15/h4,6-9,11,13-14H,3,5,10,12H2,1-2H3. The normalized spacial score (nSPS) is 17.5. The third-order valence-corrected chi connectivity index (χ3v) is 4.85. The molecule has 1 aliphatic rings. The van der Waals surface area contributed by atoms with Crippen molar-refractivity contribution in [3.8, 4) is 0 Å². The summed E-state index contributed by atoms with van der Waals surface area (Å²) in [6, 6.07) is 4.09. The lowest BCUT2D eigenvalue weighted by Gasteiger charge is -2.32. The average molecular weight is 350 g/mol. The number of carbonyl (C=O) groups is 1. The van der Waals surface area contributed by atoms with Gasteiger partial charge < -0.3 is 14.2 Å². The highest BCUT2D eigenvalue weighted by molar-refractivity contribution is 5.92. The second-order valence-electron chi connectivity index (χ2n) is 6.87. The number of rotatable bonds is 3. The Kier molecular flexibility index (Phi) is 4.28. The Hall–Kier alpha value is -2.96. The van der Waals surface area contributed by atoms with E-state index in [0.717, 1.165) is 36.4 Å². The van der Waals surface area contributed by atoms with Gasteiger partial charge in [-0.05, 0) is 25.0 Å². The van der Waals surface area contributed by atoms with Gasteiger partial charge >= 0.3 is 0 Å².